The highest BCUT2D eigenvalue weighted by Gasteiger charge is 2.07. The topological polar surface area (TPSA) is 0 Å². The Morgan fingerprint density at radius 3 is 1.12 bits per heavy atom. The maximum Gasteiger partial charge on any atom is 0.00404 e. The molecule has 120 valence electrons. The molecule has 0 aliphatic heterocycles. The summed E-state index contributed by atoms with van der Waals surface area (Å²) in [5.41, 5.74) is 7.33. The van der Waals surface area contributed by atoms with Crippen LogP contribution in [0.1, 0.15) is 0 Å². The largest absolute Gasteiger partial charge is 0.143 e. The Morgan fingerprint density at radius 2 is 0.720 bits per heavy atom. The summed E-state index contributed by atoms with van der Waals surface area (Å²) in [5, 5.41) is 0. The Balaban J connectivity index is 1.90. The first-order chi connectivity index (χ1) is 12.3. The lowest BCUT2D eigenvalue weighted by molar-refractivity contribution is 1.47. The lowest BCUT2D eigenvalue weighted by Crippen LogP contribution is -1.86. The van der Waals surface area contributed by atoms with Gasteiger partial charge in [-0.2, -0.15) is 0 Å². The summed E-state index contributed by atoms with van der Waals surface area (Å²) in [4.78, 5) is 0.978. The van der Waals surface area contributed by atoms with Gasteiger partial charge < -0.3 is 0 Å². The third-order valence-electron chi connectivity index (χ3n) is 4.35. The van der Waals surface area contributed by atoms with Crippen molar-refractivity contribution in [3.05, 3.63) is 103 Å². The molecule has 0 amide bonds. The Bertz CT molecular complexity index is 914. The fourth-order valence-corrected chi connectivity index (χ4v) is 3.19. The second-order valence-corrected chi connectivity index (χ2v) is 6.59. The molecule has 0 saturated carbocycles. The predicted molar refractivity (Wildman–Crippen MR) is 110 cm³/mol. The first-order valence-corrected chi connectivity index (χ1v) is 8.80. The normalized spacial score (nSPS) is 10.6. The molecule has 0 bridgehead atoms. The van der Waals surface area contributed by atoms with E-state index in [1.54, 1.807) is 0 Å². The van der Waals surface area contributed by atoms with Gasteiger partial charge in [-0.05, 0) is 63.7 Å². The highest BCUT2D eigenvalue weighted by atomic mass is 32.1. The van der Waals surface area contributed by atoms with Gasteiger partial charge in [0.1, 0.15) is 0 Å². The lowest BCUT2D eigenvalue weighted by atomic mass is 9.93. The molecule has 0 N–H and O–H groups in total. The fourth-order valence-electron chi connectivity index (χ4n) is 3.04. The van der Waals surface area contributed by atoms with Gasteiger partial charge in [0.15, 0.2) is 0 Å². The van der Waals surface area contributed by atoms with E-state index in [1.807, 2.05) is 12.1 Å². The summed E-state index contributed by atoms with van der Waals surface area (Å²) in [6, 6.07) is 36.2. The van der Waals surface area contributed by atoms with Crippen molar-refractivity contribution in [3.63, 3.8) is 0 Å². The molecular formula is C24H18S. The SMILES string of the molecule is Sc1ccc(-c2cc(-c3ccccc3)cc(-c3ccccc3)c2)cc1. The molecule has 0 aliphatic carbocycles. The standard InChI is InChI=1S/C24H18S/c25-24-13-11-20(12-14-24)23-16-21(18-7-3-1-4-8-18)15-22(17-23)19-9-5-2-6-10-19/h1-17,25H. The van der Waals surface area contributed by atoms with Crippen molar-refractivity contribution in [1.29, 1.82) is 0 Å². The van der Waals surface area contributed by atoms with Crippen LogP contribution in [0, 0.1) is 0 Å². The third kappa shape index (κ3) is 3.52. The molecule has 0 fully saturated rings. The minimum Gasteiger partial charge on any atom is -0.143 e. The molecule has 0 spiro atoms. The van der Waals surface area contributed by atoms with Gasteiger partial charge in [-0.15, -0.1) is 12.6 Å². The number of rotatable bonds is 3. The minimum absolute atomic E-state index is 0.978. The molecule has 0 saturated heterocycles. The molecule has 0 heterocycles. The van der Waals surface area contributed by atoms with Crippen LogP contribution < -0.4 is 0 Å². The van der Waals surface area contributed by atoms with Crippen molar-refractivity contribution >= 4 is 12.6 Å². The molecule has 1 heteroatoms. The van der Waals surface area contributed by atoms with Crippen molar-refractivity contribution in [2.24, 2.45) is 0 Å². The van der Waals surface area contributed by atoms with Crippen LogP contribution in [0.25, 0.3) is 33.4 Å². The Hall–Kier alpha value is -2.77. The maximum atomic E-state index is 4.40. The van der Waals surface area contributed by atoms with E-state index in [1.165, 1.54) is 33.4 Å². The Morgan fingerprint density at radius 1 is 0.360 bits per heavy atom. The van der Waals surface area contributed by atoms with E-state index in [0.29, 0.717) is 0 Å². The van der Waals surface area contributed by atoms with E-state index >= 15 is 0 Å². The monoisotopic (exact) mass is 338 g/mol. The Kier molecular flexibility index (Phi) is 4.41. The van der Waals surface area contributed by atoms with E-state index in [0.717, 1.165) is 4.90 Å². The van der Waals surface area contributed by atoms with Crippen molar-refractivity contribution in [2.75, 3.05) is 0 Å². The van der Waals surface area contributed by atoms with Gasteiger partial charge in [0.25, 0.3) is 0 Å². The Labute approximate surface area is 154 Å². The highest BCUT2D eigenvalue weighted by molar-refractivity contribution is 7.80. The molecule has 0 nitrogen and oxygen atoms in total. The number of benzene rings is 4. The van der Waals surface area contributed by atoms with Crippen LogP contribution in [0.5, 0.6) is 0 Å². The smallest absolute Gasteiger partial charge is 0.00404 e. The van der Waals surface area contributed by atoms with Crippen LogP contribution >= 0.6 is 12.6 Å². The van der Waals surface area contributed by atoms with E-state index in [4.69, 9.17) is 0 Å². The second-order valence-electron chi connectivity index (χ2n) is 6.08. The van der Waals surface area contributed by atoms with Crippen LogP contribution in [0.15, 0.2) is 108 Å². The summed E-state index contributed by atoms with van der Waals surface area (Å²) in [7, 11) is 0. The van der Waals surface area contributed by atoms with E-state index in [-0.39, 0.29) is 0 Å². The fraction of sp³-hybridized carbons (Fsp3) is 0. The van der Waals surface area contributed by atoms with Crippen molar-refractivity contribution in [2.45, 2.75) is 4.90 Å². The van der Waals surface area contributed by atoms with Gasteiger partial charge >= 0.3 is 0 Å². The van der Waals surface area contributed by atoms with Crippen LogP contribution in [0.4, 0.5) is 0 Å². The third-order valence-corrected chi connectivity index (χ3v) is 4.65. The molecule has 0 atom stereocenters. The van der Waals surface area contributed by atoms with Crippen molar-refractivity contribution in [3.8, 4) is 33.4 Å². The second kappa shape index (κ2) is 7.00. The van der Waals surface area contributed by atoms with E-state index in [9.17, 15) is 0 Å². The average molecular weight is 338 g/mol. The average Bonchev–Trinajstić information content (AvgIpc) is 2.69. The van der Waals surface area contributed by atoms with Crippen LogP contribution in [0.3, 0.4) is 0 Å². The molecule has 0 unspecified atom stereocenters. The quantitative estimate of drug-likeness (QED) is 0.383. The van der Waals surface area contributed by atoms with Gasteiger partial charge in [0, 0.05) is 4.90 Å². The first kappa shape index (κ1) is 15.7. The van der Waals surface area contributed by atoms with Crippen molar-refractivity contribution in [1.82, 2.24) is 0 Å². The summed E-state index contributed by atoms with van der Waals surface area (Å²) < 4.78 is 0. The van der Waals surface area contributed by atoms with Crippen LogP contribution in [0.2, 0.25) is 0 Å². The minimum atomic E-state index is 0.978. The molecule has 0 aliphatic rings. The molecule has 0 radical (unpaired) electrons. The summed E-state index contributed by atoms with van der Waals surface area (Å²) >= 11 is 4.40. The maximum absolute atomic E-state index is 4.40. The van der Waals surface area contributed by atoms with Gasteiger partial charge in [0.05, 0.1) is 0 Å². The summed E-state index contributed by atoms with van der Waals surface area (Å²) in [6.45, 7) is 0. The summed E-state index contributed by atoms with van der Waals surface area (Å²) in [6.07, 6.45) is 0. The van der Waals surface area contributed by atoms with Crippen LogP contribution in [-0.4, -0.2) is 0 Å². The molecular weight excluding hydrogens is 320 g/mol. The van der Waals surface area contributed by atoms with Crippen molar-refractivity contribution < 1.29 is 0 Å². The molecule has 25 heavy (non-hydrogen) atoms. The van der Waals surface area contributed by atoms with E-state index < -0.39 is 0 Å². The highest BCUT2D eigenvalue weighted by Crippen LogP contribution is 2.33. The number of hydrogen-bond donors (Lipinski definition) is 1. The lowest BCUT2D eigenvalue weighted by Gasteiger charge is -2.11. The summed E-state index contributed by atoms with van der Waals surface area (Å²) in [5.74, 6) is 0. The van der Waals surface area contributed by atoms with Gasteiger partial charge in [-0.25, -0.2) is 0 Å². The number of thiol groups is 1. The molecule has 4 aromatic carbocycles. The van der Waals surface area contributed by atoms with Gasteiger partial charge in [-0.3, -0.25) is 0 Å². The zero-order valence-electron chi connectivity index (χ0n) is 13.8. The predicted octanol–water partition coefficient (Wildman–Crippen LogP) is 6.98. The van der Waals surface area contributed by atoms with Crippen LogP contribution in [-0.2, 0) is 0 Å². The van der Waals surface area contributed by atoms with Gasteiger partial charge in [-0.1, -0.05) is 72.8 Å². The van der Waals surface area contributed by atoms with Gasteiger partial charge in [0.2, 0.25) is 0 Å². The molecule has 4 aromatic rings. The van der Waals surface area contributed by atoms with E-state index in [2.05, 4.69) is 104 Å². The first-order valence-electron chi connectivity index (χ1n) is 8.35. The molecule has 4 rings (SSSR count). The zero-order valence-corrected chi connectivity index (χ0v) is 14.7. The molecule has 0 aromatic heterocycles. The zero-order chi connectivity index (χ0) is 17.1. The number of hydrogen-bond acceptors (Lipinski definition) is 1.